The molecule has 1 unspecified atom stereocenters. The van der Waals surface area contributed by atoms with E-state index in [1.165, 1.54) is 17.0 Å². The average Bonchev–Trinajstić information content (AvgIpc) is 3.45. The lowest BCUT2D eigenvalue weighted by molar-refractivity contribution is -0.136. The highest BCUT2D eigenvalue weighted by Crippen LogP contribution is 2.35. The van der Waals surface area contributed by atoms with E-state index in [1.807, 2.05) is 12.1 Å². The average molecular weight is 477 g/mol. The van der Waals surface area contributed by atoms with Crippen molar-refractivity contribution in [2.75, 3.05) is 31.1 Å². The van der Waals surface area contributed by atoms with E-state index >= 15 is 0 Å². The van der Waals surface area contributed by atoms with Crippen molar-refractivity contribution in [2.24, 2.45) is 0 Å². The number of piperazine rings is 1. The predicted octanol–water partition coefficient (Wildman–Crippen LogP) is 1.79. The molecule has 180 valence electrons. The van der Waals surface area contributed by atoms with Gasteiger partial charge < -0.3 is 14.8 Å². The first-order valence-electron chi connectivity index (χ1n) is 11.8. The molecule has 0 bridgehead atoms. The van der Waals surface area contributed by atoms with Gasteiger partial charge in [0.25, 0.3) is 5.91 Å². The lowest BCUT2D eigenvalue weighted by Gasteiger charge is -2.37. The lowest BCUT2D eigenvalue weighted by atomic mass is 10.0. The topological polar surface area (TPSA) is 102 Å². The van der Waals surface area contributed by atoms with E-state index in [0.717, 1.165) is 41.8 Å². The Morgan fingerprint density at radius 2 is 1.91 bits per heavy atom. The van der Waals surface area contributed by atoms with Crippen molar-refractivity contribution >= 4 is 34.4 Å². The minimum Gasteiger partial charge on any atom is -0.369 e. The van der Waals surface area contributed by atoms with Crippen LogP contribution in [0.2, 0.25) is 0 Å². The summed E-state index contributed by atoms with van der Waals surface area (Å²) in [6.07, 6.45) is 2.17. The Morgan fingerprint density at radius 1 is 1.09 bits per heavy atom. The first kappa shape index (κ1) is 21.7. The maximum absolute atomic E-state index is 14.6. The fraction of sp³-hybridized carbons (Fsp3) is 0.360. The normalized spacial score (nSPS) is 21.1. The maximum atomic E-state index is 14.6. The summed E-state index contributed by atoms with van der Waals surface area (Å²) < 4.78 is 14.6. The number of rotatable bonds is 4. The number of imide groups is 1. The summed E-state index contributed by atoms with van der Waals surface area (Å²) in [6, 6.07) is 8.14. The molecule has 3 aromatic rings. The summed E-state index contributed by atoms with van der Waals surface area (Å²) in [4.78, 5) is 50.5. The van der Waals surface area contributed by atoms with Crippen LogP contribution in [0.1, 0.15) is 34.3 Å². The van der Waals surface area contributed by atoms with Crippen LogP contribution < -0.4 is 10.2 Å². The number of amides is 3. The van der Waals surface area contributed by atoms with Crippen molar-refractivity contribution in [3.63, 3.8) is 0 Å². The molecule has 3 aliphatic heterocycles. The molecule has 0 spiro atoms. The number of carbonyl (C=O) groups is 3. The molecule has 2 N–H and O–H groups in total. The van der Waals surface area contributed by atoms with Crippen molar-refractivity contribution in [2.45, 2.75) is 32.0 Å². The zero-order chi connectivity index (χ0) is 24.1. The second kappa shape index (κ2) is 8.46. The van der Waals surface area contributed by atoms with Crippen LogP contribution in [0.15, 0.2) is 36.7 Å². The van der Waals surface area contributed by atoms with E-state index in [-0.39, 0.29) is 31.2 Å². The number of carbonyl (C=O) groups excluding carboxylic acids is 3. The molecular formula is C25H25FN6O3. The Kier molecular flexibility index (Phi) is 5.25. The van der Waals surface area contributed by atoms with Crippen molar-refractivity contribution in [3.8, 4) is 0 Å². The van der Waals surface area contributed by atoms with Crippen LogP contribution in [0.3, 0.4) is 0 Å². The number of nitrogens with zero attached hydrogens (tertiary/aromatic N) is 4. The summed E-state index contributed by atoms with van der Waals surface area (Å²) in [7, 11) is 0. The van der Waals surface area contributed by atoms with Crippen molar-refractivity contribution in [1.29, 1.82) is 0 Å². The molecule has 9 nitrogen and oxygen atoms in total. The molecule has 0 radical (unpaired) electrons. The Morgan fingerprint density at radius 3 is 2.71 bits per heavy atom. The third-order valence-electron chi connectivity index (χ3n) is 7.24. The Balaban J connectivity index is 1.19. The van der Waals surface area contributed by atoms with E-state index < -0.39 is 17.8 Å². The SMILES string of the molecule is O=C1CCC(N2Cc3c(cc(F)cc3N3CCN(Cc4cccc5[nH]cnc45)CC3)C2=O)C(=O)N1. The summed E-state index contributed by atoms with van der Waals surface area (Å²) >= 11 is 0. The van der Waals surface area contributed by atoms with Gasteiger partial charge in [-0.05, 0) is 30.2 Å². The summed E-state index contributed by atoms with van der Waals surface area (Å²) in [5, 5.41) is 2.31. The van der Waals surface area contributed by atoms with E-state index in [4.69, 9.17) is 0 Å². The first-order chi connectivity index (χ1) is 17.0. The van der Waals surface area contributed by atoms with Gasteiger partial charge in [0, 0.05) is 62.5 Å². The number of fused-ring (bicyclic) bond motifs is 2. The molecule has 35 heavy (non-hydrogen) atoms. The molecule has 2 aromatic carbocycles. The number of halogens is 1. The highest BCUT2D eigenvalue weighted by atomic mass is 19.1. The van der Waals surface area contributed by atoms with Gasteiger partial charge in [-0.1, -0.05) is 12.1 Å². The number of benzene rings is 2. The van der Waals surface area contributed by atoms with Crippen LogP contribution in [0.4, 0.5) is 10.1 Å². The molecule has 0 aliphatic carbocycles. The molecule has 1 atom stereocenters. The van der Waals surface area contributed by atoms with Crippen LogP contribution in [0, 0.1) is 5.82 Å². The zero-order valence-corrected chi connectivity index (χ0v) is 19.1. The minimum absolute atomic E-state index is 0.186. The van der Waals surface area contributed by atoms with E-state index in [2.05, 4.69) is 31.2 Å². The van der Waals surface area contributed by atoms with E-state index in [0.29, 0.717) is 24.3 Å². The zero-order valence-electron chi connectivity index (χ0n) is 19.1. The molecule has 3 aliphatic rings. The highest BCUT2D eigenvalue weighted by molar-refractivity contribution is 6.06. The lowest BCUT2D eigenvalue weighted by Crippen LogP contribution is -2.52. The van der Waals surface area contributed by atoms with Gasteiger partial charge in [-0.2, -0.15) is 0 Å². The van der Waals surface area contributed by atoms with Crippen LogP contribution in [0.5, 0.6) is 0 Å². The van der Waals surface area contributed by atoms with Gasteiger partial charge in [-0.25, -0.2) is 9.37 Å². The van der Waals surface area contributed by atoms with Gasteiger partial charge in [0.15, 0.2) is 0 Å². The van der Waals surface area contributed by atoms with Crippen LogP contribution in [-0.2, 0) is 22.7 Å². The van der Waals surface area contributed by atoms with Gasteiger partial charge in [-0.3, -0.25) is 24.6 Å². The fourth-order valence-corrected chi connectivity index (χ4v) is 5.43. The highest BCUT2D eigenvalue weighted by Gasteiger charge is 2.41. The molecule has 2 fully saturated rings. The van der Waals surface area contributed by atoms with E-state index in [1.54, 1.807) is 6.33 Å². The largest absolute Gasteiger partial charge is 0.369 e. The molecule has 2 saturated heterocycles. The Labute approximate surface area is 200 Å². The maximum Gasteiger partial charge on any atom is 0.255 e. The number of hydrogen-bond donors (Lipinski definition) is 2. The number of piperidine rings is 1. The number of hydrogen-bond acceptors (Lipinski definition) is 6. The second-order valence-electron chi connectivity index (χ2n) is 9.33. The number of H-pyrrole nitrogens is 1. The van der Waals surface area contributed by atoms with Crippen LogP contribution in [0.25, 0.3) is 11.0 Å². The van der Waals surface area contributed by atoms with Crippen molar-refractivity contribution < 1.29 is 18.8 Å². The quantitative estimate of drug-likeness (QED) is 0.557. The monoisotopic (exact) mass is 476 g/mol. The first-order valence-corrected chi connectivity index (χ1v) is 11.8. The number of para-hydroxylation sites is 1. The van der Waals surface area contributed by atoms with Gasteiger partial charge >= 0.3 is 0 Å². The number of imidazole rings is 1. The second-order valence-corrected chi connectivity index (χ2v) is 9.33. The number of nitrogens with one attached hydrogen (secondary N) is 2. The third kappa shape index (κ3) is 3.83. The third-order valence-corrected chi connectivity index (χ3v) is 7.24. The van der Waals surface area contributed by atoms with Crippen molar-refractivity contribution in [1.82, 2.24) is 25.1 Å². The molecule has 0 saturated carbocycles. The smallest absolute Gasteiger partial charge is 0.255 e. The van der Waals surface area contributed by atoms with Gasteiger partial charge in [0.05, 0.1) is 17.4 Å². The van der Waals surface area contributed by atoms with Crippen LogP contribution in [-0.4, -0.2) is 69.7 Å². The molecular weight excluding hydrogens is 451 g/mol. The summed E-state index contributed by atoms with van der Waals surface area (Å²) in [6.45, 7) is 3.97. The number of aromatic nitrogens is 2. The summed E-state index contributed by atoms with van der Waals surface area (Å²) in [5.74, 6) is -1.63. The molecule has 4 heterocycles. The van der Waals surface area contributed by atoms with E-state index in [9.17, 15) is 18.8 Å². The van der Waals surface area contributed by atoms with Gasteiger partial charge in [0.1, 0.15) is 11.9 Å². The predicted molar refractivity (Wildman–Crippen MR) is 126 cm³/mol. The Bertz CT molecular complexity index is 1350. The number of aromatic amines is 1. The van der Waals surface area contributed by atoms with Crippen molar-refractivity contribution in [3.05, 3.63) is 59.2 Å². The number of anilines is 1. The molecule has 10 heteroatoms. The summed E-state index contributed by atoms with van der Waals surface area (Å²) in [5.41, 5.74) is 4.91. The molecule has 1 aromatic heterocycles. The van der Waals surface area contributed by atoms with Crippen LogP contribution >= 0.6 is 0 Å². The van der Waals surface area contributed by atoms with Gasteiger partial charge in [-0.15, -0.1) is 0 Å². The Hall–Kier alpha value is -3.79. The minimum atomic E-state index is -0.717. The van der Waals surface area contributed by atoms with Gasteiger partial charge in [0.2, 0.25) is 11.8 Å². The molecule has 3 amide bonds. The molecule has 6 rings (SSSR count). The standard InChI is InChI=1S/C25H25FN6O3/c26-16-10-17-18(13-32(25(17)35)20-4-5-22(33)29-24(20)34)21(11-16)31-8-6-30(7-9-31)12-15-2-1-3-19-23(15)28-14-27-19/h1-3,10-11,14,20H,4-9,12-13H2,(H,27,28)(H,29,33,34). The fourth-order valence-electron chi connectivity index (χ4n) is 5.43.